The molecule has 0 unspecified atom stereocenters. The molecular weight excluding hydrogens is 252 g/mol. The summed E-state index contributed by atoms with van der Waals surface area (Å²) < 4.78 is 0. The van der Waals surface area contributed by atoms with Gasteiger partial charge in [0.25, 0.3) is 5.91 Å². The highest BCUT2D eigenvalue weighted by Crippen LogP contribution is 2.17. The molecule has 92 valence electrons. The van der Waals surface area contributed by atoms with Crippen LogP contribution in [0.25, 0.3) is 0 Å². The lowest BCUT2D eigenvalue weighted by Gasteiger charge is -2.03. The van der Waals surface area contributed by atoms with Crippen molar-refractivity contribution in [2.75, 3.05) is 5.32 Å². The molecule has 0 atom stereocenters. The van der Waals surface area contributed by atoms with Crippen LogP contribution in [0.15, 0.2) is 29.8 Å². The maximum atomic E-state index is 11.9. The first-order chi connectivity index (χ1) is 8.58. The number of pyridine rings is 1. The number of aryl methyl sites for hydroxylation is 1. The molecule has 0 spiro atoms. The van der Waals surface area contributed by atoms with E-state index in [9.17, 15) is 9.59 Å². The highest BCUT2D eigenvalue weighted by molar-refractivity contribution is 7.12. The molecule has 2 aromatic heterocycles. The Morgan fingerprint density at radius 3 is 2.61 bits per heavy atom. The van der Waals surface area contributed by atoms with Crippen LogP contribution in [0.5, 0.6) is 0 Å². The number of carbonyl (C=O) groups is 2. The van der Waals surface area contributed by atoms with Gasteiger partial charge in [0.1, 0.15) is 5.82 Å². The Hall–Kier alpha value is -2.21. The van der Waals surface area contributed by atoms with E-state index in [-0.39, 0.29) is 11.5 Å². The molecule has 0 saturated carbocycles. The Kier molecular flexibility index (Phi) is 3.38. The van der Waals surface area contributed by atoms with E-state index >= 15 is 0 Å². The number of rotatable bonds is 3. The number of thiophene rings is 1. The molecule has 2 aromatic rings. The molecular formula is C12H10N2O3S. The topological polar surface area (TPSA) is 79.3 Å². The summed E-state index contributed by atoms with van der Waals surface area (Å²) in [5.41, 5.74) is 0.986. The average Bonchev–Trinajstić information content (AvgIpc) is 2.76. The second-order valence-corrected chi connectivity index (χ2v) is 4.54. The molecule has 0 aromatic carbocycles. The van der Waals surface area contributed by atoms with Gasteiger partial charge in [-0.1, -0.05) is 0 Å². The minimum absolute atomic E-state index is 0.0836. The molecule has 0 fully saturated rings. The predicted molar refractivity (Wildman–Crippen MR) is 68.2 cm³/mol. The van der Waals surface area contributed by atoms with E-state index < -0.39 is 5.97 Å². The number of nitrogens with one attached hydrogen (secondary N) is 1. The standard InChI is InChI=1S/C12H10N2O3S/c1-7-4-5-18-10(7)11(15)14-9-3-2-8(6-13-9)12(16)17/h2-6H,1H3,(H,16,17)(H,13,14,15). The van der Waals surface area contributed by atoms with Gasteiger partial charge in [-0.25, -0.2) is 9.78 Å². The Morgan fingerprint density at radius 2 is 2.11 bits per heavy atom. The molecule has 0 saturated heterocycles. The van der Waals surface area contributed by atoms with Gasteiger partial charge in [-0.05, 0) is 36.1 Å². The van der Waals surface area contributed by atoms with Crippen molar-refractivity contribution in [2.45, 2.75) is 6.92 Å². The zero-order chi connectivity index (χ0) is 13.1. The highest BCUT2D eigenvalue weighted by atomic mass is 32.1. The lowest BCUT2D eigenvalue weighted by atomic mass is 10.2. The van der Waals surface area contributed by atoms with Crippen LogP contribution in [0.1, 0.15) is 25.6 Å². The summed E-state index contributed by atoms with van der Waals surface area (Å²) in [7, 11) is 0. The minimum atomic E-state index is -1.05. The Balaban J connectivity index is 2.13. The Morgan fingerprint density at radius 1 is 1.33 bits per heavy atom. The molecule has 5 nitrogen and oxygen atoms in total. The van der Waals surface area contributed by atoms with Crippen molar-refractivity contribution in [1.29, 1.82) is 0 Å². The molecule has 2 heterocycles. The second-order valence-electron chi connectivity index (χ2n) is 3.62. The first-order valence-electron chi connectivity index (χ1n) is 5.12. The first-order valence-corrected chi connectivity index (χ1v) is 6.00. The first kappa shape index (κ1) is 12.3. The molecule has 2 N–H and O–H groups in total. The van der Waals surface area contributed by atoms with Gasteiger partial charge in [-0.3, -0.25) is 4.79 Å². The summed E-state index contributed by atoms with van der Waals surface area (Å²) >= 11 is 1.35. The third kappa shape index (κ3) is 2.54. The van der Waals surface area contributed by atoms with Gasteiger partial charge < -0.3 is 10.4 Å². The molecule has 6 heteroatoms. The van der Waals surface area contributed by atoms with Crippen molar-refractivity contribution in [3.8, 4) is 0 Å². The van der Waals surface area contributed by atoms with Gasteiger partial charge in [-0.15, -0.1) is 11.3 Å². The molecule has 1 amide bonds. The number of carboxylic acid groups (broad SMARTS) is 1. The Labute approximate surface area is 107 Å². The van der Waals surface area contributed by atoms with Gasteiger partial charge in [-0.2, -0.15) is 0 Å². The van der Waals surface area contributed by atoms with E-state index in [1.807, 2.05) is 18.4 Å². The number of anilines is 1. The SMILES string of the molecule is Cc1ccsc1C(=O)Nc1ccc(C(=O)O)cn1. The van der Waals surface area contributed by atoms with Crippen LogP contribution in [0.2, 0.25) is 0 Å². The van der Waals surface area contributed by atoms with Crippen molar-refractivity contribution in [1.82, 2.24) is 4.98 Å². The van der Waals surface area contributed by atoms with Crippen LogP contribution in [-0.4, -0.2) is 22.0 Å². The number of carboxylic acids is 1. The molecule has 0 aliphatic rings. The summed E-state index contributed by atoms with van der Waals surface area (Å²) in [6.45, 7) is 1.85. The summed E-state index contributed by atoms with van der Waals surface area (Å²) in [5.74, 6) is -0.953. The molecule has 0 aliphatic heterocycles. The number of aromatic carboxylic acids is 1. The number of nitrogens with zero attached hydrogens (tertiary/aromatic N) is 1. The van der Waals surface area contributed by atoms with Gasteiger partial charge in [0.05, 0.1) is 10.4 Å². The monoisotopic (exact) mass is 262 g/mol. The summed E-state index contributed by atoms with van der Waals surface area (Å²) in [6.07, 6.45) is 1.21. The third-order valence-electron chi connectivity index (χ3n) is 2.32. The van der Waals surface area contributed by atoms with Crippen LogP contribution in [0.4, 0.5) is 5.82 Å². The largest absolute Gasteiger partial charge is 0.478 e. The number of hydrogen-bond donors (Lipinski definition) is 2. The normalized spacial score (nSPS) is 10.1. The van der Waals surface area contributed by atoms with Crippen molar-refractivity contribution in [3.05, 3.63) is 45.8 Å². The predicted octanol–water partition coefficient (Wildman–Crippen LogP) is 2.40. The molecule has 0 bridgehead atoms. The van der Waals surface area contributed by atoms with Gasteiger partial charge in [0.2, 0.25) is 0 Å². The van der Waals surface area contributed by atoms with Crippen molar-refractivity contribution in [3.63, 3.8) is 0 Å². The van der Waals surface area contributed by atoms with Crippen LogP contribution in [-0.2, 0) is 0 Å². The van der Waals surface area contributed by atoms with Crippen molar-refractivity contribution in [2.24, 2.45) is 0 Å². The van der Waals surface area contributed by atoms with Gasteiger partial charge in [0.15, 0.2) is 0 Å². The lowest BCUT2D eigenvalue weighted by Crippen LogP contribution is -2.12. The van der Waals surface area contributed by atoms with E-state index in [0.717, 1.165) is 5.56 Å². The van der Waals surface area contributed by atoms with E-state index in [1.54, 1.807) is 0 Å². The number of amides is 1. The number of aromatic nitrogens is 1. The zero-order valence-electron chi connectivity index (χ0n) is 9.51. The zero-order valence-corrected chi connectivity index (χ0v) is 10.3. The number of carbonyl (C=O) groups excluding carboxylic acids is 1. The summed E-state index contributed by atoms with van der Waals surface area (Å²) in [4.78, 5) is 27.0. The molecule has 0 aliphatic carbocycles. The maximum absolute atomic E-state index is 11.9. The fourth-order valence-corrected chi connectivity index (χ4v) is 2.19. The minimum Gasteiger partial charge on any atom is -0.478 e. The summed E-state index contributed by atoms with van der Waals surface area (Å²) in [5, 5.41) is 13.2. The van der Waals surface area contributed by atoms with E-state index in [2.05, 4.69) is 10.3 Å². The Bertz CT molecular complexity index is 590. The van der Waals surface area contributed by atoms with Crippen LogP contribution >= 0.6 is 11.3 Å². The fourth-order valence-electron chi connectivity index (χ4n) is 1.37. The fraction of sp³-hybridized carbons (Fsp3) is 0.0833. The van der Waals surface area contributed by atoms with Crippen molar-refractivity contribution < 1.29 is 14.7 Å². The van der Waals surface area contributed by atoms with E-state index in [4.69, 9.17) is 5.11 Å². The quantitative estimate of drug-likeness (QED) is 0.890. The van der Waals surface area contributed by atoms with Crippen LogP contribution in [0, 0.1) is 6.92 Å². The summed E-state index contributed by atoms with van der Waals surface area (Å²) in [6, 6.07) is 4.72. The second kappa shape index (κ2) is 4.97. The molecule has 2 rings (SSSR count). The van der Waals surface area contributed by atoms with E-state index in [1.165, 1.54) is 29.7 Å². The maximum Gasteiger partial charge on any atom is 0.337 e. The average molecular weight is 262 g/mol. The smallest absolute Gasteiger partial charge is 0.337 e. The third-order valence-corrected chi connectivity index (χ3v) is 3.34. The molecule has 18 heavy (non-hydrogen) atoms. The van der Waals surface area contributed by atoms with Gasteiger partial charge >= 0.3 is 5.97 Å². The van der Waals surface area contributed by atoms with Crippen molar-refractivity contribution >= 4 is 29.0 Å². The van der Waals surface area contributed by atoms with Gasteiger partial charge in [0, 0.05) is 6.20 Å². The van der Waals surface area contributed by atoms with E-state index in [0.29, 0.717) is 10.7 Å². The lowest BCUT2D eigenvalue weighted by molar-refractivity contribution is 0.0696. The number of hydrogen-bond acceptors (Lipinski definition) is 4. The highest BCUT2D eigenvalue weighted by Gasteiger charge is 2.11. The van der Waals surface area contributed by atoms with Crippen LogP contribution in [0.3, 0.4) is 0 Å². The molecule has 0 radical (unpaired) electrons. The van der Waals surface area contributed by atoms with Crippen LogP contribution < -0.4 is 5.32 Å².